The van der Waals surface area contributed by atoms with Crippen LogP contribution in [0.5, 0.6) is 0 Å². The molecule has 0 saturated carbocycles. The van der Waals surface area contributed by atoms with E-state index in [-0.39, 0.29) is 11.8 Å². The zero-order valence-corrected chi connectivity index (χ0v) is 18.5. The lowest BCUT2D eigenvalue weighted by atomic mass is 10.1. The van der Waals surface area contributed by atoms with Gasteiger partial charge in [0.2, 0.25) is 11.1 Å². The number of carbonyl (C=O) groups is 2. The fraction of sp³-hybridized carbons (Fsp3) is 0.143. The Kier molecular flexibility index (Phi) is 5.73. The second-order valence-corrected chi connectivity index (χ2v) is 9.53. The first-order valence-electron chi connectivity index (χ1n) is 9.04. The van der Waals surface area contributed by atoms with Gasteiger partial charge in [-0.05, 0) is 59.8 Å². The Hall–Kier alpha value is -2.55. The summed E-state index contributed by atoms with van der Waals surface area (Å²) in [5.74, 6) is -0.415. The van der Waals surface area contributed by atoms with Gasteiger partial charge in [0.05, 0.1) is 4.91 Å². The highest BCUT2D eigenvalue weighted by atomic mass is 35.5. The normalized spacial score (nSPS) is 23.8. The van der Waals surface area contributed by atoms with E-state index in [9.17, 15) is 9.59 Å². The van der Waals surface area contributed by atoms with Gasteiger partial charge in [-0.1, -0.05) is 54.1 Å². The Labute approximate surface area is 187 Å². The molecule has 2 aliphatic heterocycles. The molecule has 4 rings (SSSR count). The van der Waals surface area contributed by atoms with Crippen molar-refractivity contribution in [3.8, 4) is 0 Å². The number of thioether (sulfide) groups is 2. The number of aliphatic imine (C=N–C) groups is 1. The van der Waals surface area contributed by atoms with Crippen LogP contribution in [0.1, 0.15) is 25.0 Å². The van der Waals surface area contributed by atoms with Crippen LogP contribution in [0.4, 0.5) is 0 Å². The van der Waals surface area contributed by atoms with E-state index in [1.54, 1.807) is 18.2 Å². The molecule has 1 saturated heterocycles. The molecule has 9 heteroatoms. The molecule has 1 N–H and O–H groups in total. The second-order valence-electron chi connectivity index (χ2n) is 6.70. The van der Waals surface area contributed by atoms with E-state index in [1.165, 1.54) is 35.5 Å². The van der Waals surface area contributed by atoms with E-state index in [0.717, 1.165) is 11.1 Å². The van der Waals surface area contributed by atoms with Gasteiger partial charge in [0.1, 0.15) is 4.87 Å². The highest BCUT2D eigenvalue weighted by molar-refractivity contribution is 8.19. The van der Waals surface area contributed by atoms with Crippen molar-refractivity contribution in [1.82, 2.24) is 10.3 Å². The number of halogens is 1. The number of hydrogen-bond acceptors (Lipinski definition) is 6. The topological polar surface area (TPSA) is 74.1 Å². The molecule has 2 heterocycles. The summed E-state index contributed by atoms with van der Waals surface area (Å²) in [4.78, 5) is 28.9. The molecule has 1 atom stereocenters. The first-order chi connectivity index (χ1) is 14.3. The van der Waals surface area contributed by atoms with Crippen LogP contribution >= 0.6 is 35.1 Å². The number of nitrogens with zero attached hydrogens (tertiary/aromatic N) is 3. The largest absolute Gasteiger partial charge is 0.300 e. The van der Waals surface area contributed by atoms with Gasteiger partial charge >= 0.3 is 0 Å². The number of amidine groups is 2. The Morgan fingerprint density at radius 1 is 1.20 bits per heavy atom. The van der Waals surface area contributed by atoms with Crippen molar-refractivity contribution >= 4 is 63.4 Å². The predicted molar refractivity (Wildman–Crippen MR) is 124 cm³/mol. The molecule has 0 spiro atoms. The SMILES string of the molecule is CC(=O)N1N=C(N=C2NC(=O)/C(=C/c3ccc(Cl)cc3)S2)SC1(C)c1ccccc1. The fourth-order valence-electron chi connectivity index (χ4n) is 3.04. The number of hydrogen-bond donors (Lipinski definition) is 1. The van der Waals surface area contributed by atoms with Crippen LogP contribution in [0.15, 0.2) is 69.6 Å². The molecule has 0 aliphatic carbocycles. The van der Waals surface area contributed by atoms with Crippen LogP contribution in [0.3, 0.4) is 0 Å². The van der Waals surface area contributed by atoms with Crippen molar-refractivity contribution in [2.24, 2.45) is 10.1 Å². The summed E-state index contributed by atoms with van der Waals surface area (Å²) >= 11 is 8.51. The smallest absolute Gasteiger partial charge is 0.264 e. The third-order valence-corrected chi connectivity index (χ3v) is 6.83. The molecular formula is C21H17ClN4O2S2. The van der Waals surface area contributed by atoms with Gasteiger partial charge in [0.25, 0.3) is 5.91 Å². The molecule has 1 fully saturated rings. The summed E-state index contributed by atoms with van der Waals surface area (Å²) in [7, 11) is 0. The summed E-state index contributed by atoms with van der Waals surface area (Å²) < 4.78 is 0. The van der Waals surface area contributed by atoms with E-state index >= 15 is 0 Å². The van der Waals surface area contributed by atoms with Gasteiger partial charge in [-0.3, -0.25) is 9.59 Å². The minimum Gasteiger partial charge on any atom is -0.300 e. The lowest BCUT2D eigenvalue weighted by Gasteiger charge is -2.30. The Morgan fingerprint density at radius 2 is 1.90 bits per heavy atom. The molecule has 0 aromatic heterocycles. The number of rotatable bonds is 2. The standard InChI is InChI=1S/C21H17ClN4O2S2/c1-13(27)26-21(2,15-6-4-3-5-7-15)30-20(25-26)24-19-23-18(28)17(29-19)12-14-8-10-16(22)11-9-14/h3-12H,1-2H3,(H,23,24,25,28)/b17-12-. The van der Waals surface area contributed by atoms with E-state index < -0.39 is 4.87 Å². The molecule has 0 bridgehead atoms. The number of benzene rings is 2. The molecule has 30 heavy (non-hydrogen) atoms. The van der Waals surface area contributed by atoms with Gasteiger partial charge in [-0.15, -0.1) is 5.10 Å². The summed E-state index contributed by atoms with van der Waals surface area (Å²) in [6.45, 7) is 3.40. The van der Waals surface area contributed by atoms with Crippen LogP contribution in [0.25, 0.3) is 6.08 Å². The first kappa shape index (κ1) is 20.7. The zero-order chi connectivity index (χ0) is 21.3. The lowest BCUT2D eigenvalue weighted by molar-refractivity contribution is -0.131. The highest BCUT2D eigenvalue weighted by Crippen LogP contribution is 2.46. The van der Waals surface area contributed by atoms with E-state index in [2.05, 4.69) is 15.4 Å². The quantitative estimate of drug-likeness (QED) is 0.668. The average molecular weight is 457 g/mol. The van der Waals surface area contributed by atoms with Crippen LogP contribution < -0.4 is 5.32 Å². The van der Waals surface area contributed by atoms with Crippen molar-refractivity contribution in [3.05, 3.63) is 75.7 Å². The first-order valence-corrected chi connectivity index (χ1v) is 11.1. The second kappa shape index (κ2) is 8.29. The van der Waals surface area contributed by atoms with Gasteiger partial charge in [-0.2, -0.15) is 4.99 Å². The van der Waals surface area contributed by atoms with Gasteiger partial charge in [0.15, 0.2) is 5.17 Å². The third kappa shape index (κ3) is 4.16. The minimum atomic E-state index is -0.707. The van der Waals surface area contributed by atoms with Crippen LogP contribution in [0.2, 0.25) is 5.02 Å². The summed E-state index contributed by atoms with van der Waals surface area (Å²) in [5.41, 5.74) is 1.81. The molecule has 1 unspecified atom stereocenters. The van der Waals surface area contributed by atoms with Crippen LogP contribution in [0, 0.1) is 0 Å². The summed E-state index contributed by atoms with van der Waals surface area (Å²) in [6.07, 6.45) is 1.78. The lowest BCUT2D eigenvalue weighted by Crippen LogP contribution is -2.37. The number of nitrogens with one attached hydrogen (secondary N) is 1. The summed E-state index contributed by atoms with van der Waals surface area (Å²) in [6, 6.07) is 16.9. The Morgan fingerprint density at radius 3 is 2.57 bits per heavy atom. The van der Waals surface area contributed by atoms with Crippen molar-refractivity contribution in [1.29, 1.82) is 0 Å². The van der Waals surface area contributed by atoms with E-state index in [0.29, 0.717) is 20.3 Å². The minimum absolute atomic E-state index is 0.185. The van der Waals surface area contributed by atoms with Gasteiger partial charge in [-0.25, -0.2) is 5.01 Å². The van der Waals surface area contributed by atoms with Gasteiger partial charge < -0.3 is 5.32 Å². The van der Waals surface area contributed by atoms with Crippen LogP contribution in [-0.4, -0.2) is 27.2 Å². The number of carbonyl (C=O) groups excluding carboxylic acids is 2. The fourth-order valence-corrected chi connectivity index (χ4v) is 5.18. The molecule has 2 aromatic carbocycles. The molecule has 2 amide bonds. The molecule has 2 aromatic rings. The maximum Gasteiger partial charge on any atom is 0.264 e. The molecule has 6 nitrogen and oxygen atoms in total. The van der Waals surface area contributed by atoms with Crippen molar-refractivity contribution < 1.29 is 9.59 Å². The highest BCUT2D eigenvalue weighted by Gasteiger charge is 2.44. The molecule has 2 aliphatic rings. The van der Waals surface area contributed by atoms with E-state index in [4.69, 9.17) is 11.6 Å². The van der Waals surface area contributed by atoms with Crippen molar-refractivity contribution in [3.63, 3.8) is 0 Å². The maximum absolute atomic E-state index is 12.3. The molecule has 152 valence electrons. The number of hydrazone groups is 1. The van der Waals surface area contributed by atoms with Gasteiger partial charge in [0, 0.05) is 11.9 Å². The Bertz CT molecular complexity index is 1100. The molecule has 0 radical (unpaired) electrons. The maximum atomic E-state index is 12.3. The number of amides is 2. The van der Waals surface area contributed by atoms with Crippen molar-refractivity contribution in [2.45, 2.75) is 18.7 Å². The average Bonchev–Trinajstić information content (AvgIpc) is 3.24. The zero-order valence-electron chi connectivity index (χ0n) is 16.1. The summed E-state index contributed by atoms with van der Waals surface area (Å²) in [5, 5.41) is 10.1. The Balaban J connectivity index is 1.58. The monoisotopic (exact) mass is 456 g/mol. The van der Waals surface area contributed by atoms with E-state index in [1.807, 2.05) is 49.4 Å². The third-order valence-electron chi connectivity index (χ3n) is 4.50. The predicted octanol–water partition coefficient (Wildman–Crippen LogP) is 4.64. The van der Waals surface area contributed by atoms with Crippen molar-refractivity contribution in [2.75, 3.05) is 0 Å². The van der Waals surface area contributed by atoms with Crippen LogP contribution in [-0.2, 0) is 14.5 Å². The molecular weight excluding hydrogens is 440 g/mol.